The number of carbonyl (C=O) groups is 1. The number of anilines is 1. The second-order valence-corrected chi connectivity index (χ2v) is 11.0. The van der Waals surface area contributed by atoms with Crippen LogP contribution in [-0.4, -0.2) is 75.5 Å². The monoisotopic (exact) mass is 498 g/mol. The highest BCUT2D eigenvalue weighted by Gasteiger charge is 2.32. The molecule has 180 valence electrons. The SMILES string of the molecule is CCN(CC)S(=O)(=O)N1CCN(C(=O)c2ccc(S(=O)(=O)Nc3ccccc3F)cc2)CC1. The van der Waals surface area contributed by atoms with Crippen LogP contribution < -0.4 is 4.72 Å². The van der Waals surface area contributed by atoms with Crippen LogP contribution in [0.4, 0.5) is 10.1 Å². The molecule has 9 nitrogen and oxygen atoms in total. The van der Waals surface area contributed by atoms with Gasteiger partial charge in [0.2, 0.25) is 0 Å². The number of para-hydroxylation sites is 1. The molecule has 0 radical (unpaired) electrons. The summed E-state index contributed by atoms with van der Waals surface area (Å²) in [6.07, 6.45) is 0. The number of nitrogens with one attached hydrogen (secondary N) is 1. The third-order valence-electron chi connectivity index (χ3n) is 5.41. The van der Waals surface area contributed by atoms with E-state index in [0.29, 0.717) is 13.1 Å². The lowest BCUT2D eigenvalue weighted by Gasteiger charge is -2.36. The number of nitrogens with zero attached hydrogens (tertiary/aromatic N) is 3. The highest BCUT2D eigenvalue weighted by Crippen LogP contribution is 2.20. The smallest absolute Gasteiger partial charge is 0.282 e. The van der Waals surface area contributed by atoms with Gasteiger partial charge in [-0.25, -0.2) is 12.8 Å². The van der Waals surface area contributed by atoms with E-state index in [1.807, 2.05) is 0 Å². The molecule has 1 aliphatic heterocycles. The van der Waals surface area contributed by atoms with E-state index >= 15 is 0 Å². The van der Waals surface area contributed by atoms with Crippen molar-refractivity contribution in [3.63, 3.8) is 0 Å². The summed E-state index contributed by atoms with van der Waals surface area (Å²) in [5, 5.41) is 0. The summed E-state index contributed by atoms with van der Waals surface area (Å²) in [4.78, 5) is 14.3. The Bertz CT molecular complexity index is 1190. The Morgan fingerprint density at radius 1 is 0.939 bits per heavy atom. The summed E-state index contributed by atoms with van der Waals surface area (Å²) in [6.45, 7) is 5.13. The lowest BCUT2D eigenvalue weighted by Crippen LogP contribution is -2.54. The van der Waals surface area contributed by atoms with Crippen LogP contribution >= 0.6 is 0 Å². The van der Waals surface area contributed by atoms with Crippen LogP contribution in [0, 0.1) is 5.82 Å². The Labute approximate surface area is 194 Å². The van der Waals surface area contributed by atoms with Crippen molar-refractivity contribution >= 4 is 31.8 Å². The van der Waals surface area contributed by atoms with Gasteiger partial charge < -0.3 is 4.90 Å². The lowest BCUT2D eigenvalue weighted by molar-refractivity contribution is 0.0694. The Hall–Kier alpha value is -2.54. The summed E-state index contributed by atoms with van der Waals surface area (Å²) in [7, 11) is -7.59. The van der Waals surface area contributed by atoms with Crippen LogP contribution in [0.3, 0.4) is 0 Å². The Kier molecular flexibility index (Phi) is 7.73. The van der Waals surface area contributed by atoms with Crippen LogP contribution in [0.25, 0.3) is 0 Å². The standard InChI is InChI=1S/C21H27FN4O5S2/c1-3-25(4-2)33(30,31)26-15-13-24(14-16-26)21(27)17-9-11-18(12-10-17)32(28,29)23-20-8-6-5-7-19(20)22/h5-12,23H,3-4,13-16H2,1-2H3. The molecular formula is C21H27FN4O5S2. The van der Waals surface area contributed by atoms with Gasteiger partial charge >= 0.3 is 0 Å². The van der Waals surface area contributed by atoms with Crippen molar-refractivity contribution in [3.8, 4) is 0 Å². The summed E-state index contributed by atoms with van der Waals surface area (Å²) in [5.74, 6) is -1.02. The third-order valence-corrected chi connectivity index (χ3v) is 8.98. The van der Waals surface area contributed by atoms with E-state index in [1.54, 1.807) is 13.8 Å². The number of halogens is 1. The van der Waals surface area contributed by atoms with Gasteiger partial charge in [-0.3, -0.25) is 9.52 Å². The highest BCUT2D eigenvalue weighted by atomic mass is 32.2. The van der Waals surface area contributed by atoms with E-state index in [2.05, 4.69) is 4.72 Å². The van der Waals surface area contributed by atoms with Crippen molar-refractivity contribution in [3.05, 3.63) is 59.9 Å². The predicted molar refractivity (Wildman–Crippen MR) is 123 cm³/mol. The normalized spacial score (nSPS) is 15.6. The van der Waals surface area contributed by atoms with Gasteiger partial charge in [0.05, 0.1) is 10.6 Å². The van der Waals surface area contributed by atoms with Crippen molar-refractivity contribution in [2.45, 2.75) is 18.7 Å². The molecule has 1 heterocycles. The number of benzene rings is 2. The molecule has 0 atom stereocenters. The van der Waals surface area contributed by atoms with Crippen LogP contribution in [0.5, 0.6) is 0 Å². The first-order valence-corrected chi connectivity index (χ1v) is 13.4. The van der Waals surface area contributed by atoms with Gasteiger partial charge in [-0.2, -0.15) is 17.0 Å². The second-order valence-electron chi connectivity index (χ2n) is 7.39. The van der Waals surface area contributed by atoms with Crippen LogP contribution in [0.1, 0.15) is 24.2 Å². The quantitative estimate of drug-likeness (QED) is 0.599. The van der Waals surface area contributed by atoms with E-state index in [-0.39, 0.29) is 48.2 Å². The van der Waals surface area contributed by atoms with Crippen molar-refractivity contribution in [1.29, 1.82) is 0 Å². The molecule has 33 heavy (non-hydrogen) atoms. The minimum absolute atomic E-state index is 0.113. The zero-order chi connectivity index (χ0) is 24.2. The largest absolute Gasteiger partial charge is 0.336 e. The number of amides is 1. The van der Waals surface area contributed by atoms with E-state index in [1.165, 1.54) is 56.0 Å². The molecule has 1 saturated heterocycles. The predicted octanol–water partition coefficient (Wildman–Crippen LogP) is 1.97. The van der Waals surface area contributed by atoms with Gasteiger partial charge in [0.1, 0.15) is 5.82 Å². The first-order valence-electron chi connectivity index (χ1n) is 10.5. The average Bonchev–Trinajstić information content (AvgIpc) is 2.81. The molecule has 1 aliphatic rings. The molecular weight excluding hydrogens is 471 g/mol. The minimum atomic E-state index is -4.03. The highest BCUT2D eigenvalue weighted by molar-refractivity contribution is 7.92. The topological polar surface area (TPSA) is 107 Å². The maximum Gasteiger partial charge on any atom is 0.282 e. The van der Waals surface area contributed by atoms with Crippen LogP contribution in [0.2, 0.25) is 0 Å². The van der Waals surface area contributed by atoms with Gasteiger partial charge in [0.15, 0.2) is 0 Å². The lowest BCUT2D eigenvalue weighted by atomic mass is 10.2. The van der Waals surface area contributed by atoms with Crippen molar-refractivity contribution in [2.24, 2.45) is 0 Å². The number of carbonyl (C=O) groups excluding carboxylic acids is 1. The Morgan fingerprint density at radius 2 is 1.52 bits per heavy atom. The minimum Gasteiger partial charge on any atom is -0.336 e. The maximum atomic E-state index is 13.8. The number of sulfonamides is 1. The van der Waals surface area contributed by atoms with Crippen molar-refractivity contribution in [2.75, 3.05) is 44.0 Å². The molecule has 0 unspecified atom stereocenters. The molecule has 2 aromatic rings. The summed E-state index contributed by atoms with van der Waals surface area (Å²) in [5.41, 5.74) is 0.107. The van der Waals surface area contributed by atoms with E-state index in [4.69, 9.17) is 0 Å². The van der Waals surface area contributed by atoms with E-state index < -0.39 is 26.0 Å². The number of rotatable bonds is 8. The second kappa shape index (κ2) is 10.2. The van der Waals surface area contributed by atoms with Crippen LogP contribution in [-0.2, 0) is 20.2 Å². The van der Waals surface area contributed by atoms with E-state index in [9.17, 15) is 26.0 Å². The summed E-state index contributed by atoms with van der Waals surface area (Å²) >= 11 is 0. The maximum absolute atomic E-state index is 13.8. The summed E-state index contributed by atoms with van der Waals surface area (Å²) in [6, 6.07) is 10.7. The molecule has 3 rings (SSSR count). The molecule has 0 aromatic heterocycles. The van der Waals surface area contributed by atoms with Gasteiger partial charge in [0.25, 0.3) is 26.1 Å². The third kappa shape index (κ3) is 5.52. The zero-order valence-corrected chi connectivity index (χ0v) is 20.1. The van der Waals surface area contributed by atoms with E-state index in [0.717, 1.165) is 6.07 Å². The molecule has 2 aromatic carbocycles. The molecule has 1 N–H and O–H groups in total. The van der Waals surface area contributed by atoms with Gasteiger partial charge in [-0.05, 0) is 36.4 Å². The van der Waals surface area contributed by atoms with Crippen molar-refractivity contribution in [1.82, 2.24) is 13.5 Å². The average molecular weight is 499 g/mol. The fourth-order valence-corrected chi connectivity index (χ4v) is 6.21. The number of hydrogen-bond acceptors (Lipinski definition) is 5. The molecule has 0 saturated carbocycles. The number of piperazine rings is 1. The van der Waals surface area contributed by atoms with Crippen molar-refractivity contribution < 1.29 is 26.0 Å². The number of hydrogen-bond donors (Lipinski definition) is 1. The van der Waals surface area contributed by atoms with Crippen LogP contribution in [0.15, 0.2) is 53.4 Å². The molecule has 1 fully saturated rings. The Morgan fingerprint density at radius 3 is 2.06 bits per heavy atom. The molecule has 1 amide bonds. The fourth-order valence-electron chi connectivity index (χ4n) is 3.54. The first kappa shape index (κ1) is 25.1. The Balaban J connectivity index is 1.66. The van der Waals surface area contributed by atoms with Gasteiger partial charge in [-0.1, -0.05) is 26.0 Å². The molecule has 12 heteroatoms. The fraction of sp³-hybridized carbons (Fsp3) is 0.381. The van der Waals surface area contributed by atoms with Gasteiger partial charge in [0, 0.05) is 44.8 Å². The zero-order valence-electron chi connectivity index (χ0n) is 18.4. The molecule has 0 spiro atoms. The molecule has 0 aliphatic carbocycles. The summed E-state index contributed by atoms with van der Waals surface area (Å²) < 4.78 is 69.1. The van der Waals surface area contributed by atoms with Gasteiger partial charge in [-0.15, -0.1) is 0 Å². The molecule has 0 bridgehead atoms. The first-order chi connectivity index (χ1) is 15.6.